The summed E-state index contributed by atoms with van der Waals surface area (Å²) >= 11 is 7.08. The minimum absolute atomic E-state index is 0.0250. The van der Waals surface area contributed by atoms with Gasteiger partial charge in [-0.1, -0.05) is 0 Å². The van der Waals surface area contributed by atoms with Crippen LogP contribution in [0.1, 0.15) is 42.3 Å². The molecule has 1 fully saturated rings. The van der Waals surface area contributed by atoms with E-state index >= 15 is 0 Å². The highest BCUT2D eigenvalue weighted by molar-refractivity contribution is 7.09. The predicted octanol–water partition coefficient (Wildman–Crippen LogP) is 4.17. The van der Waals surface area contributed by atoms with Crippen molar-refractivity contribution >= 4 is 22.9 Å². The van der Waals surface area contributed by atoms with Gasteiger partial charge < -0.3 is 0 Å². The number of hydrogen-bond donors (Lipinski definition) is 0. The minimum Gasteiger partial charge on any atom is -0.245 e. The van der Waals surface area contributed by atoms with Crippen molar-refractivity contribution in [1.29, 1.82) is 0 Å². The number of aromatic nitrogens is 1. The molecule has 1 atom stereocenters. The second-order valence-electron chi connectivity index (χ2n) is 3.96. The number of nitrogens with zero attached hydrogens (tertiary/aromatic N) is 1. The molecule has 1 aromatic heterocycles. The van der Waals surface area contributed by atoms with Crippen molar-refractivity contribution in [2.75, 3.05) is 0 Å². The average molecular weight is 252 g/mol. The summed E-state index contributed by atoms with van der Waals surface area (Å²) < 4.78 is 26.4. The van der Waals surface area contributed by atoms with Crippen molar-refractivity contribution in [3.8, 4) is 0 Å². The third kappa shape index (κ3) is 2.67. The molecule has 1 saturated carbocycles. The second-order valence-corrected chi connectivity index (χ2v) is 5.12. The van der Waals surface area contributed by atoms with E-state index in [-0.39, 0.29) is 18.8 Å². The van der Waals surface area contributed by atoms with Crippen molar-refractivity contribution < 1.29 is 8.78 Å². The summed E-state index contributed by atoms with van der Waals surface area (Å²) in [7, 11) is 0. The van der Waals surface area contributed by atoms with E-state index in [0.717, 1.165) is 17.1 Å². The molecular weight excluding hydrogens is 240 g/mol. The zero-order chi connectivity index (χ0) is 10.9. The summed E-state index contributed by atoms with van der Waals surface area (Å²) in [5.74, 6) is -2.22. The zero-order valence-corrected chi connectivity index (χ0v) is 9.75. The third-order valence-corrected chi connectivity index (χ3v) is 4.03. The Morgan fingerprint density at radius 3 is 3.00 bits per heavy atom. The van der Waals surface area contributed by atoms with Gasteiger partial charge >= 0.3 is 0 Å². The fraction of sp³-hybridized carbons (Fsp3) is 0.700. The molecule has 0 amide bonds. The van der Waals surface area contributed by atoms with Crippen LogP contribution in [0.3, 0.4) is 0 Å². The van der Waals surface area contributed by atoms with Gasteiger partial charge in [-0.15, -0.1) is 22.9 Å². The van der Waals surface area contributed by atoms with Crippen molar-refractivity contribution in [3.05, 3.63) is 16.1 Å². The summed E-state index contributed by atoms with van der Waals surface area (Å²) in [5.41, 5.74) is 0.797. The molecule has 0 bridgehead atoms. The van der Waals surface area contributed by atoms with Crippen LogP contribution in [0.5, 0.6) is 0 Å². The fourth-order valence-corrected chi connectivity index (χ4v) is 3.14. The highest BCUT2D eigenvalue weighted by Crippen LogP contribution is 2.42. The first-order valence-electron chi connectivity index (χ1n) is 4.99. The van der Waals surface area contributed by atoms with Crippen LogP contribution in [0.15, 0.2) is 5.38 Å². The number of rotatable bonds is 2. The van der Waals surface area contributed by atoms with E-state index in [1.165, 1.54) is 11.3 Å². The summed E-state index contributed by atoms with van der Waals surface area (Å²) in [5, 5.41) is 2.68. The van der Waals surface area contributed by atoms with Gasteiger partial charge in [0.2, 0.25) is 5.92 Å². The second kappa shape index (κ2) is 4.34. The maximum Gasteiger partial charge on any atom is 0.248 e. The Morgan fingerprint density at radius 1 is 1.60 bits per heavy atom. The number of hydrogen-bond acceptors (Lipinski definition) is 2. The Kier molecular flexibility index (Phi) is 3.26. The lowest BCUT2D eigenvalue weighted by molar-refractivity contribution is -0.0408. The molecule has 1 aromatic rings. The number of alkyl halides is 3. The van der Waals surface area contributed by atoms with Gasteiger partial charge in [-0.3, -0.25) is 0 Å². The van der Waals surface area contributed by atoms with Gasteiger partial charge in [0.05, 0.1) is 16.6 Å². The van der Waals surface area contributed by atoms with Crippen LogP contribution in [-0.2, 0) is 5.88 Å². The Bertz CT molecular complexity index is 340. The third-order valence-electron chi connectivity index (χ3n) is 2.70. The largest absolute Gasteiger partial charge is 0.248 e. The van der Waals surface area contributed by atoms with Crippen LogP contribution >= 0.6 is 22.9 Å². The molecule has 15 heavy (non-hydrogen) atoms. The Balaban J connectivity index is 2.10. The first-order valence-corrected chi connectivity index (χ1v) is 6.40. The number of halogens is 3. The molecule has 0 radical (unpaired) electrons. The van der Waals surface area contributed by atoms with Gasteiger partial charge in [0.25, 0.3) is 0 Å². The van der Waals surface area contributed by atoms with Crippen LogP contribution < -0.4 is 0 Å². The maximum atomic E-state index is 13.2. The molecule has 1 aliphatic rings. The van der Waals surface area contributed by atoms with Crippen molar-refractivity contribution in [2.45, 2.75) is 43.4 Å². The highest BCUT2D eigenvalue weighted by atomic mass is 35.5. The average Bonchev–Trinajstić information content (AvgIpc) is 2.64. The molecule has 5 heteroatoms. The van der Waals surface area contributed by atoms with Gasteiger partial charge in [-0.05, 0) is 12.8 Å². The molecule has 1 nitrogen and oxygen atoms in total. The fourth-order valence-electron chi connectivity index (χ4n) is 1.95. The van der Waals surface area contributed by atoms with E-state index in [9.17, 15) is 8.78 Å². The van der Waals surface area contributed by atoms with Gasteiger partial charge in [0.1, 0.15) is 0 Å². The molecule has 1 unspecified atom stereocenters. The Labute approximate surface area is 96.5 Å². The first-order chi connectivity index (χ1) is 7.11. The lowest BCUT2D eigenvalue weighted by Crippen LogP contribution is -2.24. The molecule has 2 rings (SSSR count). The van der Waals surface area contributed by atoms with Crippen LogP contribution in [0.2, 0.25) is 0 Å². The van der Waals surface area contributed by atoms with Crippen molar-refractivity contribution in [3.63, 3.8) is 0 Å². The number of thiazole rings is 1. The normalized spacial score (nSPS) is 25.4. The highest BCUT2D eigenvalue weighted by Gasteiger charge is 2.37. The summed E-state index contributed by atoms with van der Waals surface area (Å²) in [6, 6.07) is 0. The Morgan fingerprint density at radius 2 is 2.40 bits per heavy atom. The SMILES string of the molecule is FC1(F)CCCC(c2nc(CCl)cs2)C1. The molecule has 0 aliphatic heterocycles. The summed E-state index contributed by atoms with van der Waals surface area (Å²) in [6.07, 6.45) is 1.39. The lowest BCUT2D eigenvalue weighted by atomic mass is 9.87. The van der Waals surface area contributed by atoms with E-state index in [2.05, 4.69) is 4.98 Å². The first kappa shape index (κ1) is 11.3. The molecule has 0 saturated heterocycles. The van der Waals surface area contributed by atoms with Gasteiger partial charge in [0.15, 0.2) is 0 Å². The Hall–Kier alpha value is -0.220. The molecular formula is C10H12ClF2NS. The maximum absolute atomic E-state index is 13.2. The predicted molar refractivity (Wildman–Crippen MR) is 57.8 cm³/mol. The van der Waals surface area contributed by atoms with Crippen molar-refractivity contribution in [1.82, 2.24) is 4.98 Å². The van der Waals surface area contributed by atoms with Crippen LogP contribution in [0.25, 0.3) is 0 Å². The summed E-state index contributed by atoms with van der Waals surface area (Å²) in [6.45, 7) is 0. The zero-order valence-electron chi connectivity index (χ0n) is 8.18. The van der Waals surface area contributed by atoms with Gasteiger partial charge in [0, 0.05) is 24.1 Å². The molecule has 1 heterocycles. The van der Waals surface area contributed by atoms with Crippen LogP contribution in [0, 0.1) is 0 Å². The molecule has 0 aromatic carbocycles. The minimum atomic E-state index is -2.50. The molecule has 0 N–H and O–H groups in total. The van der Waals surface area contributed by atoms with E-state index in [0.29, 0.717) is 12.3 Å². The van der Waals surface area contributed by atoms with Crippen LogP contribution in [0.4, 0.5) is 8.78 Å². The van der Waals surface area contributed by atoms with E-state index in [1.807, 2.05) is 5.38 Å². The lowest BCUT2D eigenvalue weighted by Gasteiger charge is -2.27. The van der Waals surface area contributed by atoms with Gasteiger partial charge in [-0.2, -0.15) is 0 Å². The summed E-state index contributed by atoms with van der Waals surface area (Å²) in [4.78, 5) is 4.27. The van der Waals surface area contributed by atoms with Crippen molar-refractivity contribution in [2.24, 2.45) is 0 Å². The quantitative estimate of drug-likeness (QED) is 0.719. The van der Waals surface area contributed by atoms with E-state index in [4.69, 9.17) is 11.6 Å². The monoisotopic (exact) mass is 251 g/mol. The molecule has 84 valence electrons. The standard InChI is InChI=1S/C10H12ClF2NS/c11-5-8-6-15-9(14-8)7-2-1-3-10(12,13)4-7/h6-7H,1-5H2. The topological polar surface area (TPSA) is 12.9 Å². The van der Waals surface area contributed by atoms with Gasteiger partial charge in [-0.25, -0.2) is 13.8 Å². The smallest absolute Gasteiger partial charge is 0.245 e. The van der Waals surface area contributed by atoms with E-state index in [1.54, 1.807) is 0 Å². The molecule has 0 spiro atoms. The van der Waals surface area contributed by atoms with E-state index < -0.39 is 5.92 Å². The van der Waals surface area contributed by atoms with Crippen LogP contribution in [-0.4, -0.2) is 10.9 Å². The molecule has 1 aliphatic carbocycles.